The van der Waals surface area contributed by atoms with Crippen LogP contribution in [0, 0.1) is 5.82 Å². The molecular formula is C9H12FNO. The molecule has 0 saturated heterocycles. The minimum atomic E-state index is -0.289. The van der Waals surface area contributed by atoms with Crippen LogP contribution in [0.5, 0.6) is 5.75 Å². The van der Waals surface area contributed by atoms with Gasteiger partial charge in [0.25, 0.3) is 0 Å². The van der Waals surface area contributed by atoms with E-state index in [1.54, 1.807) is 20.1 Å². The summed E-state index contributed by atoms with van der Waals surface area (Å²) >= 11 is 0. The topological polar surface area (TPSA) is 35.2 Å². The molecule has 0 aliphatic carbocycles. The molecule has 1 atom stereocenters. The molecule has 0 fully saturated rings. The van der Waals surface area contributed by atoms with Crippen LogP contribution >= 0.6 is 0 Å². The summed E-state index contributed by atoms with van der Waals surface area (Å²) in [4.78, 5) is 0. The zero-order chi connectivity index (χ0) is 9.14. The Labute approximate surface area is 71.1 Å². The van der Waals surface area contributed by atoms with Crippen LogP contribution in [0.1, 0.15) is 18.5 Å². The van der Waals surface area contributed by atoms with Crippen LogP contribution in [0.15, 0.2) is 18.2 Å². The molecule has 3 heteroatoms. The molecule has 0 amide bonds. The number of methoxy groups -OCH3 is 1. The fourth-order valence-electron chi connectivity index (χ4n) is 1.06. The van der Waals surface area contributed by atoms with Crippen LogP contribution in [0.3, 0.4) is 0 Å². The van der Waals surface area contributed by atoms with Gasteiger partial charge in [-0.1, -0.05) is 0 Å². The van der Waals surface area contributed by atoms with E-state index in [1.807, 2.05) is 0 Å². The largest absolute Gasteiger partial charge is 0.496 e. The molecule has 66 valence electrons. The lowest BCUT2D eigenvalue weighted by Gasteiger charge is -2.10. The first-order valence-corrected chi connectivity index (χ1v) is 3.74. The van der Waals surface area contributed by atoms with Gasteiger partial charge in [-0.2, -0.15) is 0 Å². The van der Waals surface area contributed by atoms with Gasteiger partial charge in [-0.3, -0.25) is 0 Å². The number of halogens is 1. The maximum atomic E-state index is 12.7. The van der Waals surface area contributed by atoms with Crippen LogP contribution in [0.25, 0.3) is 0 Å². The van der Waals surface area contributed by atoms with Crippen molar-refractivity contribution in [3.63, 3.8) is 0 Å². The Morgan fingerprint density at radius 2 is 2.17 bits per heavy atom. The quantitative estimate of drug-likeness (QED) is 0.733. The second-order valence-corrected chi connectivity index (χ2v) is 2.67. The van der Waals surface area contributed by atoms with E-state index in [2.05, 4.69) is 0 Å². The summed E-state index contributed by atoms with van der Waals surface area (Å²) in [6, 6.07) is 4.11. The Hall–Kier alpha value is -1.09. The van der Waals surface area contributed by atoms with Crippen molar-refractivity contribution in [2.75, 3.05) is 7.11 Å². The lowest BCUT2D eigenvalue weighted by atomic mass is 10.1. The van der Waals surface area contributed by atoms with E-state index >= 15 is 0 Å². The van der Waals surface area contributed by atoms with Crippen LogP contribution < -0.4 is 10.5 Å². The smallest absolute Gasteiger partial charge is 0.123 e. The SMILES string of the molecule is COc1ccc(F)cc1[C@@H](C)N. The zero-order valence-electron chi connectivity index (χ0n) is 7.17. The van der Waals surface area contributed by atoms with Crippen molar-refractivity contribution in [1.82, 2.24) is 0 Å². The van der Waals surface area contributed by atoms with Gasteiger partial charge in [0.05, 0.1) is 7.11 Å². The van der Waals surface area contributed by atoms with E-state index in [0.717, 1.165) is 0 Å². The highest BCUT2D eigenvalue weighted by Crippen LogP contribution is 2.23. The van der Waals surface area contributed by atoms with Crippen LogP contribution in [0.2, 0.25) is 0 Å². The number of hydrogen-bond donors (Lipinski definition) is 1. The Morgan fingerprint density at radius 1 is 1.50 bits per heavy atom. The molecule has 0 aliphatic rings. The van der Waals surface area contributed by atoms with Crippen LogP contribution in [0.4, 0.5) is 4.39 Å². The molecule has 0 spiro atoms. The first kappa shape index (κ1) is 9.00. The molecule has 2 nitrogen and oxygen atoms in total. The van der Waals surface area contributed by atoms with Gasteiger partial charge in [0.1, 0.15) is 11.6 Å². The van der Waals surface area contributed by atoms with Gasteiger partial charge in [-0.25, -0.2) is 4.39 Å². The Balaban J connectivity index is 3.12. The van der Waals surface area contributed by atoms with Crippen LogP contribution in [-0.2, 0) is 0 Å². The Bertz CT molecular complexity index is 273. The molecule has 1 rings (SSSR count). The third-order valence-corrected chi connectivity index (χ3v) is 1.68. The summed E-state index contributed by atoms with van der Waals surface area (Å²) in [6.45, 7) is 1.79. The van der Waals surface area contributed by atoms with Crippen molar-refractivity contribution < 1.29 is 9.13 Å². The maximum absolute atomic E-state index is 12.7. The van der Waals surface area contributed by atoms with Crippen molar-refractivity contribution in [1.29, 1.82) is 0 Å². The van der Waals surface area contributed by atoms with Gasteiger partial charge in [-0.05, 0) is 25.1 Å². The van der Waals surface area contributed by atoms with Crippen molar-refractivity contribution in [3.05, 3.63) is 29.6 Å². The summed E-state index contributed by atoms with van der Waals surface area (Å²) in [6.07, 6.45) is 0. The minimum Gasteiger partial charge on any atom is -0.496 e. The standard InChI is InChI=1S/C9H12FNO/c1-6(11)8-5-7(10)3-4-9(8)12-2/h3-6H,11H2,1-2H3/t6-/m1/s1. The molecule has 0 saturated carbocycles. The maximum Gasteiger partial charge on any atom is 0.123 e. The summed E-state index contributed by atoms with van der Waals surface area (Å²) in [5.74, 6) is 0.342. The van der Waals surface area contributed by atoms with E-state index in [-0.39, 0.29) is 11.9 Å². The molecule has 0 aromatic heterocycles. The highest BCUT2D eigenvalue weighted by molar-refractivity contribution is 5.35. The van der Waals surface area contributed by atoms with Gasteiger partial charge in [0.2, 0.25) is 0 Å². The fraction of sp³-hybridized carbons (Fsp3) is 0.333. The molecule has 0 heterocycles. The first-order valence-electron chi connectivity index (χ1n) is 3.74. The second kappa shape index (κ2) is 3.54. The number of nitrogens with two attached hydrogens (primary N) is 1. The van der Waals surface area contributed by atoms with Crippen molar-refractivity contribution >= 4 is 0 Å². The number of ether oxygens (including phenoxy) is 1. The molecule has 2 N–H and O–H groups in total. The third-order valence-electron chi connectivity index (χ3n) is 1.68. The second-order valence-electron chi connectivity index (χ2n) is 2.67. The van der Waals surface area contributed by atoms with E-state index in [0.29, 0.717) is 11.3 Å². The van der Waals surface area contributed by atoms with Gasteiger partial charge in [-0.15, -0.1) is 0 Å². The molecule has 1 aromatic rings. The van der Waals surface area contributed by atoms with Crippen molar-refractivity contribution in [2.24, 2.45) is 5.73 Å². The summed E-state index contributed by atoms with van der Waals surface area (Å²) in [5, 5.41) is 0. The molecule has 0 bridgehead atoms. The predicted molar refractivity (Wildman–Crippen MR) is 45.6 cm³/mol. The summed E-state index contributed by atoms with van der Waals surface area (Å²) in [5.41, 5.74) is 6.30. The Morgan fingerprint density at radius 3 is 2.67 bits per heavy atom. The molecule has 12 heavy (non-hydrogen) atoms. The van der Waals surface area contributed by atoms with Crippen molar-refractivity contribution in [3.8, 4) is 5.75 Å². The number of rotatable bonds is 2. The average Bonchev–Trinajstić information content (AvgIpc) is 2.04. The average molecular weight is 169 g/mol. The normalized spacial score (nSPS) is 12.7. The monoisotopic (exact) mass is 169 g/mol. The van der Waals surface area contributed by atoms with E-state index < -0.39 is 0 Å². The summed E-state index contributed by atoms with van der Waals surface area (Å²) < 4.78 is 17.7. The van der Waals surface area contributed by atoms with Gasteiger partial charge in [0, 0.05) is 11.6 Å². The molecular weight excluding hydrogens is 157 g/mol. The van der Waals surface area contributed by atoms with Gasteiger partial charge >= 0.3 is 0 Å². The lowest BCUT2D eigenvalue weighted by Crippen LogP contribution is -2.07. The highest BCUT2D eigenvalue weighted by atomic mass is 19.1. The third kappa shape index (κ3) is 1.74. The predicted octanol–water partition coefficient (Wildman–Crippen LogP) is 1.85. The van der Waals surface area contributed by atoms with E-state index in [1.165, 1.54) is 12.1 Å². The van der Waals surface area contributed by atoms with Crippen LogP contribution in [-0.4, -0.2) is 7.11 Å². The molecule has 0 unspecified atom stereocenters. The highest BCUT2D eigenvalue weighted by Gasteiger charge is 2.07. The number of benzene rings is 1. The first-order chi connectivity index (χ1) is 5.65. The lowest BCUT2D eigenvalue weighted by molar-refractivity contribution is 0.405. The van der Waals surface area contributed by atoms with Crippen molar-refractivity contribution in [2.45, 2.75) is 13.0 Å². The zero-order valence-corrected chi connectivity index (χ0v) is 7.17. The molecule has 1 aromatic carbocycles. The van der Waals surface area contributed by atoms with E-state index in [4.69, 9.17) is 10.5 Å². The number of hydrogen-bond acceptors (Lipinski definition) is 2. The summed E-state index contributed by atoms with van der Waals surface area (Å²) in [7, 11) is 1.54. The van der Waals surface area contributed by atoms with Gasteiger partial charge in [0.15, 0.2) is 0 Å². The Kier molecular flexibility index (Phi) is 2.65. The fourth-order valence-corrected chi connectivity index (χ4v) is 1.06. The minimum absolute atomic E-state index is 0.212. The molecule has 0 radical (unpaired) electrons. The van der Waals surface area contributed by atoms with E-state index in [9.17, 15) is 4.39 Å². The van der Waals surface area contributed by atoms with Gasteiger partial charge < -0.3 is 10.5 Å². The molecule has 0 aliphatic heterocycles.